The maximum Gasteiger partial charge on any atom is 0.220 e. The largest absolute Gasteiger partial charge is 0.346 e. The molecule has 2 unspecified atom stereocenters. The van der Waals surface area contributed by atoms with Gasteiger partial charge in [-0.25, -0.2) is 0 Å². The van der Waals surface area contributed by atoms with Gasteiger partial charge in [0.05, 0.1) is 12.1 Å². The fourth-order valence-electron chi connectivity index (χ4n) is 3.91. The van der Waals surface area contributed by atoms with Gasteiger partial charge in [0.1, 0.15) is 0 Å². The van der Waals surface area contributed by atoms with E-state index >= 15 is 0 Å². The highest BCUT2D eigenvalue weighted by Crippen LogP contribution is 2.15. The topological polar surface area (TPSA) is 92.3 Å². The normalized spacial score (nSPS) is 23.7. The van der Waals surface area contributed by atoms with E-state index < -0.39 is 0 Å². The molecular weight excluding hydrogens is 344 g/mol. The molecule has 0 aliphatic carbocycles. The van der Waals surface area contributed by atoms with Crippen molar-refractivity contribution in [2.45, 2.75) is 108 Å². The molecule has 6 nitrogen and oxygen atoms in total. The van der Waals surface area contributed by atoms with E-state index in [9.17, 15) is 19.2 Å². The molecule has 0 aromatic rings. The van der Waals surface area contributed by atoms with Crippen LogP contribution in [0.4, 0.5) is 0 Å². The van der Waals surface area contributed by atoms with Gasteiger partial charge in [-0.05, 0) is 38.5 Å². The highest BCUT2D eigenvalue weighted by molar-refractivity contribution is 5.89. The minimum atomic E-state index is -0.285. The fourth-order valence-corrected chi connectivity index (χ4v) is 3.91. The van der Waals surface area contributed by atoms with Crippen molar-refractivity contribution >= 4 is 23.4 Å². The molecule has 27 heavy (non-hydrogen) atoms. The molecule has 6 heteroatoms. The van der Waals surface area contributed by atoms with Gasteiger partial charge in [-0.2, -0.15) is 0 Å². The van der Waals surface area contributed by atoms with Crippen LogP contribution in [0.5, 0.6) is 0 Å². The van der Waals surface area contributed by atoms with Crippen molar-refractivity contribution in [3.63, 3.8) is 0 Å². The Balaban J connectivity index is 1.51. The molecule has 2 atom stereocenters. The van der Waals surface area contributed by atoms with Crippen molar-refractivity contribution < 1.29 is 19.2 Å². The van der Waals surface area contributed by atoms with Crippen molar-refractivity contribution in [1.29, 1.82) is 0 Å². The molecule has 0 bridgehead atoms. The number of Topliss-reactive ketones (excluding diaryl/α,β-unsaturated/α-hetero) is 2. The van der Waals surface area contributed by atoms with Gasteiger partial charge in [0.15, 0.2) is 11.6 Å². The summed E-state index contributed by atoms with van der Waals surface area (Å²) in [5.41, 5.74) is 0. The third kappa shape index (κ3) is 8.22. The van der Waals surface area contributed by atoms with E-state index in [1.165, 1.54) is 0 Å². The molecule has 2 fully saturated rings. The lowest BCUT2D eigenvalue weighted by Gasteiger charge is -2.14. The van der Waals surface area contributed by atoms with Gasteiger partial charge in [0, 0.05) is 25.7 Å². The molecule has 0 spiro atoms. The number of hydrogen-bond acceptors (Lipinski definition) is 4. The summed E-state index contributed by atoms with van der Waals surface area (Å²) in [5, 5.41) is 5.67. The number of unbranched alkanes of at least 4 members (excludes halogenated alkanes) is 4. The molecule has 2 aliphatic heterocycles. The van der Waals surface area contributed by atoms with E-state index in [4.69, 9.17) is 0 Å². The first-order valence-corrected chi connectivity index (χ1v) is 10.7. The summed E-state index contributed by atoms with van der Waals surface area (Å²) >= 11 is 0. The van der Waals surface area contributed by atoms with Crippen molar-refractivity contribution in [2.75, 3.05) is 0 Å². The van der Waals surface area contributed by atoms with Crippen LogP contribution in [0.1, 0.15) is 96.3 Å². The van der Waals surface area contributed by atoms with Gasteiger partial charge >= 0.3 is 0 Å². The summed E-state index contributed by atoms with van der Waals surface area (Å²) in [5.74, 6) is 0.315. The fraction of sp³-hybridized carbons (Fsp3) is 0.810. The lowest BCUT2D eigenvalue weighted by molar-refractivity contribution is -0.127. The zero-order valence-corrected chi connectivity index (χ0v) is 16.4. The van der Waals surface area contributed by atoms with Crippen LogP contribution in [0.3, 0.4) is 0 Å². The molecule has 0 radical (unpaired) electrons. The highest BCUT2D eigenvalue weighted by atomic mass is 16.2. The minimum absolute atomic E-state index is 0.000348. The second kappa shape index (κ2) is 11.9. The Morgan fingerprint density at radius 1 is 0.667 bits per heavy atom. The molecule has 2 heterocycles. The second-order valence-electron chi connectivity index (χ2n) is 7.93. The summed E-state index contributed by atoms with van der Waals surface area (Å²) in [6.45, 7) is 0. The van der Waals surface area contributed by atoms with Gasteiger partial charge in [0.25, 0.3) is 0 Å². The van der Waals surface area contributed by atoms with Crippen LogP contribution >= 0.6 is 0 Å². The molecule has 2 rings (SSSR count). The van der Waals surface area contributed by atoms with E-state index in [0.717, 1.165) is 70.6 Å². The van der Waals surface area contributed by atoms with Crippen LogP contribution in [-0.2, 0) is 19.2 Å². The first-order chi connectivity index (χ1) is 13.1. The van der Waals surface area contributed by atoms with Gasteiger partial charge in [0.2, 0.25) is 11.8 Å². The monoisotopic (exact) mass is 378 g/mol. The van der Waals surface area contributed by atoms with Gasteiger partial charge < -0.3 is 10.6 Å². The van der Waals surface area contributed by atoms with Crippen molar-refractivity contribution in [1.82, 2.24) is 10.6 Å². The quantitative estimate of drug-likeness (QED) is 0.572. The second-order valence-corrected chi connectivity index (χ2v) is 7.93. The summed E-state index contributed by atoms with van der Waals surface area (Å²) in [7, 11) is 0. The van der Waals surface area contributed by atoms with Crippen molar-refractivity contribution in [3.8, 4) is 0 Å². The Bertz CT molecular complexity index is 486. The molecule has 2 N–H and O–H groups in total. The van der Waals surface area contributed by atoms with Crippen molar-refractivity contribution in [3.05, 3.63) is 0 Å². The maximum absolute atomic E-state index is 12.2. The molecule has 2 aliphatic rings. The number of carbonyl (C=O) groups is 4. The predicted octanol–water partition coefficient (Wildman–Crippen LogP) is 2.97. The van der Waals surface area contributed by atoms with Gasteiger partial charge in [-0.1, -0.05) is 32.1 Å². The number of hydrogen-bond donors (Lipinski definition) is 2. The zero-order valence-electron chi connectivity index (χ0n) is 16.4. The molecule has 152 valence electrons. The maximum atomic E-state index is 12.2. The third-order valence-corrected chi connectivity index (χ3v) is 5.59. The number of amides is 2. The SMILES string of the molecule is O=C1CCCCC(C(=O)CCCCCCCC(=O)C2CCCCC(=O)N2)N1. The predicted molar refractivity (Wildman–Crippen MR) is 103 cm³/mol. The Morgan fingerprint density at radius 2 is 1.07 bits per heavy atom. The Hall–Kier alpha value is -1.72. The number of ketones is 2. The average Bonchev–Trinajstić information content (AvgIpc) is 3.00. The van der Waals surface area contributed by atoms with E-state index in [2.05, 4.69) is 10.6 Å². The van der Waals surface area contributed by atoms with Crippen LogP contribution in [0, 0.1) is 0 Å². The van der Waals surface area contributed by atoms with E-state index in [1.54, 1.807) is 0 Å². The summed E-state index contributed by atoms with van der Waals surface area (Å²) in [6.07, 6.45) is 11.9. The van der Waals surface area contributed by atoms with E-state index in [1.807, 2.05) is 0 Å². The zero-order chi connectivity index (χ0) is 19.5. The summed E-state index contributed by atoms with van der Waals surface area (Å²) in [6, 6.07) is -0.570. The molecule has 0 aromatic heterocycles. The highest BCUT2D eigenvalue weighted by Gasteiger charge is 2.23. The molecule has 0 saturated carbocycles. The third-order valence-electron chi connectivity index (χ3n) is 5.59. The van der Waals surface area contributed by atoms with Crippen molar-refractivity contribution in [2.24, 2.45) is 0 Å². The van der Waals surface area contributed by atoms with Crippen LogP contribution in [0.2, 0.25) is 0 Å². The molecule has 0 aromatic carbocycles. The Morgan fingerprint density at radius 3 is 1.52 bits per heavy atom. The van der Waals surface area contributed by atoms with Crippen LogP contribution < -0.4 is 10.6 Å². The lowest BCUT2D eigenvalue weighted by atomic mass is 9.99. The molecular formula is C21H34N2O4. The Kier molecular flexibility index (Phi) is 9.50. The van der Waals surface area contributed by atoms with Gasteiger partial charge in [-0.15, -0.1) is 0 Å². The van der Waals surface area contributed by atoms with E-state index in [-0.39, 0.29) is 35.5 Å². The first-order valence-electron chi connectivity index (χ1n) is 10.7. The smallest absolute Gasteiger partial charge is 0.220 e. The number of nitrogens with one attached hydrogen (secondary N) is 2. The van der Waals surface area contributed by atoms with Gasteiger partial charge in [-0.3, -0.25) is 19.2 Å². The number of carbonyl (C=O) groups excluding carboxylic acids is 4. The lowest BCUT2D eigenvalue weighted by Crippen LogP contribution is -2.39. The van der Waals surface area contributed by atoms with Crippen LogP contribution in [0.15, 0.2) is 0 Å². The number of rotatable bonds is 10. The van der Waals surface area contributed by atoms with Crippen LogP contribution in [-0.4, -0.2) is 35.5 Å². The van der Waals surface area contributed by atoms with E-state index in [0.29, 0.717) is 25.7 Å². The Labute approximate surface area is 162 Å². The summed E-state index contributed by atoms with van der Waals surface area (Å²) in [4.78, 5) is 47.5. The minimum Gasteiger partial charge on any atom is -0.346 e. The average molecular weight is 379 g/mol. The standard InChI is InChI=1S/C21H34N2O4/c24-18(16-10-6-8-14-20(26)22-16)12-4-2-1-3-5-13-19(25)17-11-7-9-15-21(27)23-17/h16-17H,1-15H2,(H,22,26)(H,23,27). The molecule has 2 saturated heterocycles. The molecule has 2 amide bonds. The summed E-state index contributed by atoms with van der Waals surface area (Å²) < 4.78 is 0. The first kappa shape index (κ1) is 21.6. The van der Waals surface area contributed by atoms with Crippen LogP contribution in [0.25, 0.3) is 0 Å².